The molecule has 1 aliphatic rings. The third-order valence-corrected chi connectivity index (χ3v) is 6.02. The summed E-state index contributed by atoms with van der Waals surface area (Å²) in [6, 6.07) is 8.30. The van der Waals surface area contributed by atoms with Crippen molar-refractivity contribution in [3.8, 4) is 11.4 Å². The van der Waals surface area contributed by atoms with Gasteiger partial charge in [0.25, 0.3) is 0 Å². The van der Waals surface area contributed by atoms with Gasteiger partial charge in [-0.05, 0) is 26.2 Å². The smallest absolute Gasteiger partial charge is 0.162 e. The molecule has 0 bridgehead atoms. The van der Waals surface area contributed by atoms with Crippen LogP contribution >= 0.6 is 11.3 Å². The largest absolute Gasteiger partial charge is 0.378 e. The van der Waals surface area contributed by atoms with Crippen LogP contribution in [-0.4, -0.2) is 65.5 Å². The van der Waals surface area contributed by atoms with Crippen LogP contribution in [0, 0.1) is 0 Å². The zero-order valence-electron chi connectivity index (χ0n) is 16.0. The maximum absolute atomic E-state index is 5.55. The number of hydrogen-bond donors (Lipinski definition) is 1. The highest BCUT2D eigenvalue weighted by atomic mass is 32.1. The van der Waals surface area contributed by atoms with Gasteiger partial charge in [-0.1, -0.05) is 12.1 Å². The normalized spacial score (nSPS) is 15.2. The second-order valence-electron chi connectivity index (χ2n) is 7.27. The molecule has 0 saturated carbocycles. The van der Waals surface area contributed by atoms with E-state index in [4.69, 9.17) is 14.7 Å². The minimum atomic E-state index is 0.730. The van der Waals surface area contributed by atoms with Crippen LogP contribution in [0.2, 0.25) is 0 Å². The van der Waals surface area contributed by atoms with Crippen molar-refractivity contribution < 1.29 is 4.74 Å². The second-order valence-corrected chi connectivity index (χ2v) is 8.41. The van der Waals surface area contributed by atoms with E-state index in [1.807, 2.05) is 18.3 Å². The highest BCUT2D eigenvalue weighted by Crippen LogP contribution is 2.36. The van der Waals surface area contributed by atoms with Crippen molar-refractivity contribution in [2.24, 2.45) is 0 Å². The average molecular weight is 395 g/mol. The van der Waals surface area contributed by atoms with E-state index >= 15 is 0 Å². The second kappa shape index (κ2) is 7.12. The fourth-order valence-electron chi connectivity index (χ4n) is 3.63. The van der Waals surface area contributed by atoms with Gasteiger partial charge >= 0.3 is 0 Å². The highest BCUT2D eigenvalue weighted by Gasteiger charge is 2.21. The van der Waals surface area contributed by atoms with Crippen molar-refractivity contribution >= 4 is 38.3 Å². The summed E-state index contributed by atoms with van der Waals surface area (Å²) in [5.74, 6) is 1.76. The standard InChI is InChI=1S/C20H22N6OS/c1-25(2)12-13-10-17-18(28-13)20(26-6-8-27-9-7-26)23-19(22-17)14-4-3-5-16-15(14)11-21-24-16/h3-5,10-11H,6-9,12H2,1-2H3,(H,21,24). The van der Waals surface area contributed by atoms with E-state index in [9.17, 15) is 0 Å². The number of rotatable bonds is 4. The minimum Gasteiger partial charge on any atom is -0.378 e. The number of fused-ring (bicyclic) bond motifs is 2. The van der Waals surface area contributed by atoms with Gasteiger partial charge < -0.3 is 14.5 Å². The SMILES string of the molecule is CN(C)Cc1cc2nc(-c3cccc4[nH]ncc34)nc(N3CCOCC3)c2s1. The molecule has 3 aromatic heterocycles. The lowest BCUT2D eigenvalue weighted by Gasteiger charge is -2.28. The molecule has 8 heteroatoms. The highest BCUT2D eigenvalue weighted by molar-refractivity contribution is 7.19. The Morgan fingerprint density at radius 1 is 1.21 bits per heavy atom. The Kier molecular flexibility index (Phi) is 4.46. The van der Waals surface area contributed by atoms with Crippen molar-refractivity contribution in [3.05, 3.63) is 35.3 Å². The predicted molar refractivity (Wildman–Crippen MR) is 113 cm³/mol. The lowest BCUT2D eigenvalue weighted by molar-refractivity contribution is 0.122. The first-order valence-corrected chi connectivity index (χ1v) is 10.2. The van der Waals surface area contributed by atoms with Gasteiger partial charge in [0.05, 0.1) is 35.1 Å². The number of ether oxygens (including phenoxy) is 1. The molecule has 28 heavy (non-hydrogen) atoms. The van der Waals surface area contributed by atoms with Crippen LogP contribution in [-0.2, 0) is 11.3 Å². The van der Waals surface area contributed by atoms with Gasteiger partial charge in [0.2, 0.25) is 0 Å². The van der Waals surface area contributed by atoms with Crippen LogP contribution in [0.4, 0.5) is 5.82 Å². The lowest BCUT2D eigenvalue weighted by atomic mass is 10.1. The van der Waals surface area contributed by atoms with Gasteiger partial charge in [-0.25, -0.2) is 9.97 Å². The third kappa shape index (κ3) is 3.13. The summed E-state index contributed by atoms with van der Waals surface area (Å²) >= 11 is 1.79. The summed E-state index contributed by atoms with van der Waals surface area (Å²) < 4.78 is 6.71. The van der Waals surface area contributed by atoms with Crippen molar-refractivity contribution in [2.45, 2.75) is 6.54 Å². The number of anilines is 1. The van der Waals surface area contributed by atoms with Crippen LogP contribution in [0.15, 0.2) is 30.5 Å². The minimum absolute atomic E-state index is 0.730. The summed E-state index contributed by atoms with van der Waals surface area (Å²) in [5.41, 5.74) is 3.00. The molecular formula is C20H22N6OS. The molecule has 4 heterocycles. The van der Waals surface area contributed by atoms with E-state index in [1.54, 1.807) is 11.3 Å². The molecule has 0 radical (unpaired) electrons. The maximum Gasteiger partial charge on any atom is 0.162 e. The van der Waals surface area contributed by atoms with Crippen LogP contribution < -0.4 is 4.90 Å². The van der Waals surface area contributed by atoms with Gasteiger partial charge in [-0.3, -0.25) is 5.10 Å². The van der Waals surface area contributed by atoms with Crippen molar-refractivity contribution in [1.29, 1.82) is 0 Å². The van der Waals surface area contributed by atoms with Crippen LogP contribution in [0.1, 0.15) is 4.88 Å². The average Bonchev–Trinajstić information content (AvgIpc) is 3.33. The number of H-pyrrole nitrogens is 1. The lowest BCUT2D eigenvalue weighted by Crippen LogP contribution is -2.36. The van der Waals surface area contributed by atoms with Gasteiger partial charge in [-0.2, -0.15) is 5.10 Å². The number of hydrogen-bond acceptors (Lipinski definition) is 7. The van der Waals surface area contributed by atoms with E-state index in [-0.39, 0.29) is 0 Å². The first kappa shape index (κ1) is 17.5. The number of nitrogens with zero attached hydrogens (tertiary/aromatic N) is 5. The van der Waals surface area contributed by atoms with Crippen molar-refractivity contribution in [1.82, 2.24) is 25.1 Å². The summed E-state index contributed by atoms with van der Waals surface area (Å²) in [7, 11) is 4.17. The molecule has 7 nitrogen and oxygen atoms in total. The van der Waals surface area contributed by atoms with E-state index < -0.39 is 0 Å². The molecule has 0 aliphatic carbocycles. The van der Waals surface area contributed by atoms with Crippen LogP contribution in [0.3, 0.4) is 0 Å². The fraction of sp³-hybridized carbons (Fsp3) is 0.350. The predicted octanol–water partition coefficient (Wildman–Crippen LogP) is 3.13. The monoisotopic (exact) mass is 394 g/mol. The molecule has 1 saturated heterocycles. The number of nitrogens with one attached hydrogen (secondary N) is 1. The first-order valence-electron chi connectivity index (χ1n) is 9.39. The molecule has 144 valence electrons. The number of aromatic nitrogens is 4. The summed E-state index contributed by atoms with van der Waals surface area (Å²) in [5, 5.41) is 8.26. The van der Waals surface area contributed by atoms with Crippen LogP contribution in [0.25, 0.3) is 32.5 Å². The molecule has 1 N–H and O–H groups in total. The quantitative estimate of drug-likeness (QED) is 0.573. The van der Waals surface area contributed by atoms with Gasteiger partial charge in [0, 0.05) is 35.5 Å². The maximum atomic E-state index is 5.55. The molecule has 0 unspecified atom stereocenters. The molecule has 0 atom stereocenters. The topological polar surface area (TPSA) is 70.2 Å². The molecule has 0 spiro atoms. The Bertz CT molecular complexity index is 1130. The number of thiophene rings is 1. The number of morpholine rings is 1. The van der Waals surface area contributed by atoms with E-state index in [0.717, 1.165) is 71.2 Å². The third-order valence-electron chi connectivity index (χ3n) is 4.91. The molecule has 4 aromatic rings. The fourth-order valence-corrected chi connectivity index (χ4v) is 4.86. The van der Waals surface area contributed by atoms with Crippen molar-refractivity contribution in [3.63, 3.8) is 0 Å². The Labute approximate surface area is 167 Å². The first-order chi connectivity index (χ1) is 13.7. The van der Waals surface area contributed by atoms with Gasteiger partial charge in [-0.15, -0.1) is 11.3 Å². The Hall–Kier alpha value is -2.55. The van der Waals surface area contributed by atoms with E-state index in [1.165, 1.54) is 4.88 Å². The molecule has 1 aromatic carbocycles. The Morgan fingerprint density at radius 2 is 2.07 bits per heavy atom. The van der Waals surface area contributed by atoms with Gasteiger partial charge in [0.15, 0.2) is 11.6 Å². The van der Waals surface area contributed by atoms with Crippen LogP contribution in [0.5, 0.6) is 0 Å². The zero-order chi connectivity index (χ0) is 19.1. The molecule has 1 aliphatic heterocycles. The number of benzene rings is 1. The molecule has 5 rings (SSSR count). The number of aromatic amines is 1. The zero-order valence-corrected chi connectivity index (χ0v) is 16.8. The molecular weight excluding hydrogens is 372 g/mol. The summed E-state index contributed by atoms with van der Waals surface area (Å²) in [4.78, 5) is 15.8. The summed E-state index contributed by atoms with van der Waals surface area (Å²) in [6.45, 7) is 4.06. The molecule has 0 amide bonds. The summed E-state index contributed by atoms with van der Waals surface area (Å²) in [6.07, 6.45) is 1.84. The Morgan fingerprint density at radius 3 is 2.89 bits per heavy atom. The van der Waals surface area contributed by atoms with E-state index in [2.05, 4.69) is 46.2 Å². The van der Waals surface area contributed by atoms with E-state index in [0.29, 0.717) is 0 Å². The molecule has 1 fully saturated rings. The van der Waals surface area contributed by atoms with Gasteiger partial charge in [0.1, 0.15) is 0 Å². The van der Waals surface area contributed by atoms with Crippen molar-refractivity contribution in [2.75, 3.05) is 45.3 Å². The Balaban J connectivity index is 1.70.